The molecule has 0 radical (unpaired) electrons. The first kappa shape index (κ1) is 19.6. The lowest BCUT2D eigenvalue weighted by Gasteiger charge is -2.16. The Balaban J connectivity index is 2.10. The van der Waals surface area contributed by atoms with Crippen molar-refractivity contribution in [2.45, 2.75) is 6.54 Å². The first-order valence-electron chi connectivity index (χ1n) is 8.37. The van der Waals surface area contributed by atoms with Gasteiger partial charge in [-0.1, -0.05) is 11.6 Å². The molecule has 0 bridgehead atoms. The normalized spacial score (nSPS) is 10.6. The van der Waals surface area contributed by atoms with Gasteiger partial charge >= 0.3 is 5.97 Å². The maximum atomic E-state index is 12.5. The van der Waals surface area contributed by atoms with E-state index in [1.807, 2.05) is 6.07 Å². The number of carbonyl (C=O) groups excluding carboxylic acids is 1. The van der Waals surface area contributed by atoms with Crippen LogP contribution in [0, 0.1) is 0 Å². The Bertz CT molecular complexity index is 1090. The van der Waals surface area contributed by atoms with Crippen LogP contribution in [0.15, 0.2) is 41.2 Å². The Kier molecular flexibility index (Phi) is 5.75. The zero-order valence-corrected chi connectivity index (χ0v) is 16.3. The van der Waals surface area contributed by atoms with E-state index in [0.29, 0.717) is 39.7 Å². The fourth-order valence-electron chi connectivity index (χ4n) is 2.93. The minimum Gasteiger partial charge on any atom is -0.497 e. The van der Waals surface area contributed by atoms with Crippen LogP contribution in [0.3, 0.4) is 0 Å². The predicted molar refractivity (Wildman–Crippen MR) is 108 cm³/mol. The molecule has 1 heterocycles. The van der Waals surface area contributed by atoms with Crippen molar-refractivity contribution in [1.82, 2.24) is 4.98 Å². The standard InChI is InChI=1S/C20H19ClN2O5/c1-26-13-6-4-11(16(9-13)27-2)10-22-18-14-8-12(21)5-7-15(14)23-19(24)17(18)20(25)28-3/h4-9H,10H2,1-3H3,(H2,22,23,24). The number of fused-ring (bicyclic) bond motifs is 1. The lowest BCUT2D eigenvalue weighted by molar-refractivity contribution is 0.0600. The van der Waals surface area contributed by atoms with E-state index >= 15 is 0 Å². The minimum absolute atomic E-state index is 0.121. The largest absolute Gasteiger partial charge is 0.497 e. The molecule has 0 saturated carbocycles. The number of benzene rings is 2. The summed E-state index contributed by atoms with van der Waals surface area (Å²) < 4.78 is 15.4. The first-order chi connectivity index (χ1) is 13.5. The summed E-state index contributed by atoms with van der Waals surface area (Å²) in [4.78, 5) is 27.4. The molecule has 0 fully saturated rings. The van der Waals surface area contributed by atoms with Gasteiger partial charge in [0.15, 0.2) is 0 Å². The molecule has 0 aliphatic rings. The number of esters is 1. The van der Waals surface area contributed by atoms with E-state index < -0.39 is 11.5 Å². The maximum absolute atomic E-state index is 12.5. The van der Waals surface area contributed by atoms with Crippen LogP contribution in [-0.2, 0) is 11.3 Å². The Morgan fingerprint density at radius 2 is 1.89 bits per heavy atom. The van der Waals surface area contributed by atoms with Gasteiger partial charge in [0.05, 0.1) is 32.5 Å². The molecule has 0 unspecified atom stereocenters. The van der Waals surface area contributed by atoms with Crippen molar-refractivity contribution >= 4 is 34.2 Å². The molecule has 28 heavy (non-hydrogen) atoms. The SMILES string of the molecule is COC(=O)c1c(NCc2ccc(OC)cc2OC)c2cc(Cl)ccc2[nH]c1=O. The maximum Gasteiger partial charge on any atom is 0.345 e. The van der Waals surface area contributed by atoms with Gasteiger partial charge in [-0.15, -0.1) is 0 Å². The first-order valence-corrected chi connectivity index (χ1v) is 8.75. The van der Waals surface area contributed by atoms with Gasteiger partial charge in [-0.05, 0) is 30.3 Å². The molecule has 2 N–H and O–H groups in total. The van der Waals surface area contributed by atoms with Crippen molar-refractivity contribution in [3.05, 3.63) is 62.9 Å². The minimum atomic E-state index is -0.743. The van der Waals surface area contributed by atoms with E-state index in [1.165, 1.54) is 7.11 Å². The van der Waals surface area contributed by atoms with Crippen LogP contribution in [0.5, 0.6) is 11.5 Å². The highest BCUT2D eigenvalue weighted by atomic mass is 35.5. The van der Waals surface area contributed by atoms with Crippen molar-refractivity contribution < 1.29 is 19.0 Å². The second-order valence-electron chi connectivity index (χ2n) is 5.92. The second kappa shape index (κ2) is 8.22. The number of pyridine rings is 1. The van der Waals surface area contributed by atoms with Crippen molar-refractivity contribution in [3.63, 3.8) is 0 Å². The number of H-pyrrole nitrogens is 1. The summed E-state index contributed by atoms with van der Waals surface area (Å²) in [6, 6.07) is 10.4. The second-order valence-corrected chi connectivity index (χ2v) is 6.35. The van der Waals surface area contributed by atoms with Gasteiger partial charge in [-0.2, -0.15) is 0 Å². The van der Waals surface area contributed by atoms with Crippen LogP contribution in [0.25, 0.3) is 10.9 Å². The van der Waals surface area contributed by atoms with Crippen LogP contribution in [-0.4, -0.2) is 32.3 Å². The molecule has 0 saturated heterocycles. The summed E-state index contributed by atoms with van der Waals surface area (Å²) in [6.07, 6.45) is 0. The van der Waals surface area contributed by atoms with Gasteiger partial charge in [-0.25, -0.2) is 4.79 Å². The molecule has 3 aromatic rings. The van der Waals surface area contributed by atoms with E-state index in [1.54, 1.807) is 44.6 Å². The molecule has 3 rings (SSSR count). The van der Waals surface area contributed by atoms with E-state index in [9.17, 15) is 9.59 Å². The number of ether oxygens (including phenoxy) is 3. The molecule has 1 aromatic heterocycles. The molecule has 0 spiro atoms. The molecule has 146 valence electrons. The Morgan fingerprint density at radius 1 is 1.11 bits per heavy atom. The van der Waals surface area contributed by atoms with Gasteiger partial charge in [0.2, 0.25) is 0 Å². The van der Waals surface area contributed by atoms with Gasteiger partial charge in [0, 0.05) is 28.6 Å². The van der Waals surface area contributed by atoms with Crippen molar-refractivity contribution in [2.24, 2.45) is 0 Å². The average Bonchev–Trinajstić information content (AvgIpc) is 2.71. The van der Waals surface area contributed by atoms with Crippen molar-refractivity contribution in [3.8, 4) is 11.5 Å². The summed E-state index contributed by atoms with van der Waals surface area (Å²) in [5, 5.41) is 4.24. The topological polar surface area (TPSA) is 89.7 Å². The third-order valence-corrected chi connectivity index (χ3v) is 4.55. The monoisotopic (exact) mass is 402 g/mol. The summed E-state index contributed by atoms with van der Waals surface area (Å²) >= 11 is 6.12. The number of rotatable bonds is 6. The number of aromatic amines is 1. The Morgan fingerprint density at radius 3 is 2.57 bits per heavy atom. The van der Waals surface area contributed by atoms with Gasteiger partial charge in [0.25, 0.3) is 5.56 Å². The molecular formula is C20H19ClN2O5. The Hall–Kier alpha value is -3.19. The summed E-state index contributed by atoms with van der Waals surface area (Å²) in [5.74, 6) is 0.523. The average molecular weight is 403 g/mol. The number of hydrogen-bond acceptors (Lipinski definition) is 6. The number of nitrogens with one attached hydrogen (secondary N) is 2. The number of methoxy groups -OCH3 is 3. The molecule has 0 atom stereocenters. The fraction of sp³-hybridized carbons (Fsp3) is 0.200. The zero-order chi connectivity index (χ0) is 20.3. The molecule has 0 aliphatic heterocycles. The number of anilines is 1. The fourth-order valence-corrected chi connectivity index (χ4v) is 3.10. The highest BCUT2D eigenvalue weighted by Crippen LogP contribution is 2.30. The molecule has 7 nitrogen and oxygen atoms in total. The van der Waals surface area contributed by atoms with Gasteiger partial charge < -0.3 is 24.5 Å². The molecule has 8 heteroatoms. The van der Waals surface area contributed by atoms with E-state index in [-0.39, 0.29) is 5.56 Å². The Labute approximate surface area is 166 Å². The third kappa shape index (κ3) is 3.75. The molecule has 0 aliphatic carbocycles. The number of aromatic nitrogens is 1. The number of halogens is 1. The lowest BCUT2D eigenvalue weighted by atomic mass is 10.1. The van der Waals surface area contributed by atoms with Crippen LogP contribution >= 0.6 is 11.6 Å². The molecular weight excluding hydrogens is 384 g/mol. The van der Waals surface area contributed by atoms with Gasteiger partial charge in [0.1, 0.15) is 17.1 Å². The zero-order valence-electron chi connectivity index (χ0n) is 15.6. The summed E-state index contributed by atoms with van der Waals surface area (Å²) in [7, 11) is 4.35. The van der Waals surface area contributed by atoms with E-state index in [2.05, 4.69) is 10.3 Å². The van der Waals surface area contributed by atoms with Crippen LogP contribution in [0.1, 0.15) is 15.9 Å². The highest BCUT2D eigenvalue weighted by molar-refractivity contribution is 6.31. The third-order valence-electron chi connectivity index (χ3n) is 4.32. The summed E-state index contributed by atoms with van der Waals surface area (Å²) in [6.45, 7) is 0.294. The van der Waals surface area contributed by atoms with Crippen LogP contribution < -0.4 is 20.3 Å². The van der Waals surface area contributed by atoms with Crippen molar-refractivity contribution in [2.75, 3.05) is 26.6 Å². The van der Waals surface area contributed by atoms with Gasteiger partial charge in [-0.3, -0.25) is 4.79 Å². The van der Waals surface area contributed by atoms with E-state index in [0.717, 1.165) is 5.56 Å². The van der Waals surface area contributed by atoms with Crippen LogP contribution in [0.2, 0.25) is 5.02 Å². The predicted octanol–water partition coefficient (Wildman–Crippen LogP) is 3.60. The quantitative estimate of drug-likeness (QED) is 0.612. The molecule has 2 aromatic carbocycles. The smallest absolute Gasteiger partial charge is 0.345 e. The lowest BCUT2D eigenvalue weighted by Crippen LogP contribution is -2.22. The van der Waals surface area contributed by atoms with Crippen molar-refractivity contribution in [1.29, 1.82) is 0 Å². The molecule has 0 amide bonds. The van der Waals surface area contributed by atoms with Crippen LogP contribution in [0.4, 0.5) is 5.69 Å². The summed E-state index contributed by atoms with van der Waals surface area (Å²) in [5.41, 5.74) is 1.03. The number of hydrogen-bond donors (Lipinski definition) is 2. The van der Waals surface area contributed by atoms with E-state index in [4.69, 9.17) is 25.8 Å². The highest BCUT2D eigenvalue weighted by Gasteiger charge is 2.20. The number of carbonyl (C=O) groups is 1.